The van der Waals surface area contributed by atoms with Crippen molar-refractivity contribution < 1.29 is 34.2 Å². The second-order valence-corrected chi connectivity index (χ2v) is 9.26. The standard InChI is InChI=1S/C23H39N7O7/c1-13(2)9-15(25)20(33)28-16(5-3-4-8-24)21(34)29-17(6-7-19(31)32)22(35)30-18(23(36)37)10-14-11-26-12-27-14/h11-13,15-18H,3-10,24-25H2,1-2H3,(H,26,27)(H,28,33)(H,29,34)(H,30,35)(H,31,32)(H,36,37). The summed E-state index contributed by atoms with van der Waals surface area (Å²) in [5, 5.41) is 26.0. The number of aliphatic carboxylic acids is 2. The lowest BCUT2D eigenvalue weighted by atomic mass is 10.0. The number of carboxylic acids is 2. The van der Waals surface area contributed by atoms with Crippen molar-refractivity contribution in [3.63, 3.8) is 0 Å². The third-order valence-corrected chi connectivity index (χ3v) is 5.52. The molecule has 208 valence electrons. The average Bonchev–Trinajstić information content (AvgIpc) is 3.32. The molecule has 0 bridgehead atoms. The zero-order valence-electron chi connectivity index (χ0n) is 21.2. The lowest BCUT2D eigenvalue weighted by Crippen LogP contribution is -2.57. The third-order valence-electron chi connectivity index (χ3n) is 5.52. The monoisotopic (exact) mass is 525 g/mol. The fourth-order valence-corrected chi connectivity index (χ4v) is 3.55. The van der Waals surface area contributed by atoms with Crippen LogP contribution in [0.1, 0.15) is 58.1 Å². The molecule has 4 atom stereocenters. The van der Waals surface area contributed by atoms with Crippen molar-refractivity contribution in [1.29, 1.82) is 0 Å². The van der Waals surface area contributed by atoms with Gasteiger partial charge in [0.1, 0.15) is 18.1 Å². The van der Waals surface area contributed by atoms with Crippen LogP contribution < -0.4 is 27.4 Å². The lowest BCUT2D eigenvalue weighted by molar-refractivity contribution is -0.143. The summed E-state index contributed by atoms with van der Waals surface area (Å²) < 4.78 is 0. The number of carbonyl (C=O) groups excluding carboxylic acids is 3. The van der Waals surface area contributed by atoms with Crippen molar-refractivity contribution in [3.8, 4) is 0 Å². The van der Waals surface area contributed by atoms with Crippen LogP contribution in [0.3, 0.4) is 0 Å². The first-order chi connectivity index (χ1) is 17.4. The number of amides is 3. The zero-order valence-corrected chi connectivity index (χ0v) is 21.2. The molecule has 0 radical (unpaired) electrons. The molecule has 37 heavy (non-hydrogen) atoms. The number of carbonyl (C=O) groups is 5. The van der Waals surface area contributed by atoms with Crippen LogP contribution in [-0.2, 0) is 30.4 Å². The van der Waals surface area contributed by atoms with Crippen molar-refractivity contribution in [3.05, 3.63) is 18.2 Å². The van der Waals surface area contributed by atoms with Gasteiger partial charge in [0.25, 0.3) is 0 Å². The Kier molecular flexibility index (Phi) is 13.9. The molecule has 14 heteroatoms. The van der Waals surface area contributed by atoms with Crippen LogP contribution in [0.2, 0.25) is 0 Å². The molecule has 1 rings (SSSR count). The highest BCUT2D eigenvalue weighted by atomic mass is 16.4. The summed E-state index contributed by atoms with van der Waals surface area (Å²) in [5.41, 5.74) is 11.9. The SMILES string of the molecule is CC(C)CC(N)C(=O)NC(CCCCN)C(=O)NC(CCC(=O)O)C(=O)NC(Cc1cnc[nH]1)C(=O)O. The second-order valence-electron chi connectivity index (χ2n) is 9.26. The van der Waals surface area contributed by atoms with E-state index >= 15 is 0 Å². The number of imidazole rings is 1. The van der Waals surface area contributed by atoms with Gasteiger partial charge in [-0.25, -0.2) is 9.78 Å². The first kappa shape index (κ1) is 31.5. The van der Waals surface area contributed by atoms with Gasteiger partial charge >= 0.3 is 11.9 Å². The number of nitrogens with one attached hydrogen (secondary N) is 4. The van der Waals surface area contributed by atoms with E-state index in [1.54, 1.807) is 0 Å². The van der Waals surface area contributed by atoms with Gasteiger partial charge in [0, 0.05) is 24.7 Å². The summed E-state index contributed by atoms with van der Waals surface area (Å²) in [6, 6.07) is -4.59. The summed E-state index contributed by atoms with van der Waals surface area (Å²) in [6.07, 6.45) is 3.63. The van der Waals surface area contributed by atoms with E-state index < -0.39 is 60.2 Å². The van der Waals surface area contributed by atoms with Crippen molar-refractivity contribution in [2.24, 2.45) is 17.4 Å². The van der Waals surface area contributed by atoms with Crippen LogP contribution in [0.25, 0.3) is 0 Å². The molecule has 1 aromatic rings. The molecule has 0 saturated heterocycles. The maximum atomic E-state index is 13.1. The van der Waals surface area contributed by atoms with Crippen LogP contribution in [-0.4, -0.2) is 80.6 Å². The van der Waals surface area contributed by atoms with Crippen molar-refractivity contribution in [2.75, 3.05) is 6.54 Å². The molecular formula is C23H39N7O7. The van der Waals surface area contributed by atoms with Gasteiger partial charge in [-0.05, 0) is 44.6 Å². The molecule has 0 aliphatic heterocycles. The number of H-pyrrole nitrogens is 1. The van der Waals surface area contributed by atoms with Gasteiger partial charge < -0.3 is 42.6 Å². The van der Waals surface area contributed by atoms with Gasteiger partial charge in [0.2, 0.25) is 17.7 Å². The second kappa shape index (κ2) is 16.3. The van der Waals surface area contributed by atoms with Crippen LogP contribution in [0.15, 0.2) is 12.5 Å². The van der Waals surface area contributed by atoms with Gasteiger partial charge in [0.05, 0.1) is 12.4 Å². The average molecular weight is 526 g/mol. The molecule has 10 N–H and O–H groups in total. The number of rotatable bonds is 18. The Bertz CT molecular complexity index is 892. The van der Waals surface area contributed by atoms with Gasteiger partial charge in [-0.15, -0.1) is 0 Å². The van der Waals surface area contributed by atoms with E-state index in [1.807, 2.05) is 13.8 Å². The molecule has 0 aliphatic carbocycles. The molecule has 3 amide bonds. The van der Waals surface area contributed by atoms with E-state index in [0.717, 1.165) is 0 Å². The topological polar surface area (TPSA) is 243 Å². The minimum Gasteiger partial charge on any atom is -0.481 e. The van der Waals surface area contributed by atoms with E-state index in [1.165, 1.54) is 12.5 Å². The highest BCUT2D eigenvalue weighted by Gasteiger charge is 2.31. The van der Waals surface area contributed by atoms with E-state index in [9.17, 15) is 29.1 Å². The Morgan fingerprint density at radius 1 is 0.946 bits per heavy atom. The maximum Gasteiger partial charge on any atom is 0.326 e. The Labute approximate surface area is 215 Å². The minimum atomic E-state index is -1.36. The van der Waals surface area contributed by atoms with E-state index in [2.05, 4.69) is 25.9 Å². The van der Waals surface area contributed by atoms with Crippen LogP contribution >= 0.6 is 0 Å². The number of nitrogens with two attached hydrogens (primary N) is 2. The Morgan fingerprint density at radius 2 is 1.54 bits per heavy atom. The van der Waals surface area contributed by atoms with Crippen LogP contribution in [0.5, 0.6) is 0 Å². The molecule has 0 fully saturated rings. The number of nitrogens with zero attached hydrogens (tertiary/aromatic N) is 1. The molecule has 0 spiro atoms. The molecule has 1 aromatic heterocycles. The van der Waals surface area contributed by atoms with Gasteiger partial charge in [0.15, 0.2) is 0 Å². The van der Waals surface area contributed by atoms with E-state index in [-0.39, 0.29) is 25.2 Å². The number of carboxylic acid groups (broad SMARTS) is 2. The summed E-state index contributed by atoms with van der Waals surface area (Å²) in [4.78, 5) is 68.0. The first-order valence-electron chi connectivity index (χ1n) is 12.2. The number of unbranched alkanes of at least 4 members (excludes halogenated alkanes) is 1. The van der Waals surface area contributed by atoms with Crippen molar-refractivity contribution in [2.45, 2.75) is 83.0 Å². The number of aromatic amines is 1. The summed E-state index contributed by atoms with van der Waals surface area (Å²) >= 11 is 0. The Morgan fingerprint density at radius 3 is 2.05 bits per heavy atom. The van der Waals surface area contributed by atoms with Gasteiger partial charge in [-0.1, -0.05) is 13.8 Å². The third kappa shape index (κ3) is 12.3. The van der Waals surface area contributed by atoms with E-state index in [0.29, 0.717) is 31.5 Å². The fraction of sp³-hybridized carbons (Fsp3) is 0.652. The highest BCUT2D eigenvalue weighted by Crippen LogP contribution is 2.08. The lowest BCUT2D eigenvalue weighted by Gasteiger charge is -2.25. The Hall–Kier alpha value is -3.52. The van der Waals surface area contributed by atoms with Crippen LogP contribution in [0, 0.1) is 5.92 Å². The largest absolute Gasteiger partial charge is 0.481 e. The van der Waals surface area contributed by atoms with E-state index in [4.69, 9.17) is 16.6 Å². The minimum absolute atomic E-state index is 0.105. The van der Waals surface area contributed by atoms with Gasteiger partial charge in [-0.3, -0.25) is 19.2 Å². The summed E-state index contributed by atoms with van der Waals surface area (Å²) in [6.45, 7) is 4.19. The Balaban J connectivity index is 3.00. The number of aromatic nitrogens is 2. The van der Waals surface area contributed by atoms with Crippen molar-refractivity contribution >= 4 is 29.7 Å². The predicted octanol–water partition coefficient (Wildman–Crippen LogP) is -1.14. The number of hydrogen-bond donors (Lipinski definition) is 8. The molecule has 1 heterocycles. The molecule has 14 nitrogen and oxygen atoms in total. The first-order valence-corrected chi connectivity index (χ1v) is 12.2. The molecule has 0 aromatic carbocycles. The molecular weight excluding hydrogens is 486 g/mol. The van der Waals surface area contributed by atoms with Gasteiger partial charge in [-0.2, -0.15) is 0 Å². The molecule has 4 unspecified atom stereocenters. The van der Waals surface area contributed by atoms with Crippen LogP contribution in [0.4, 0.5) is 0 Å². The summed E-state index contributed by atoms with van der Waals surface area (Å²) in [7, 11) is 0. The molecule has 0 saturated carbocycles. The predicted molar refractivity (Wildman–Crippen MR) is 133 cm³/mol. The van der Waals surface area contributed by atoms with Crippen molar-refractivity contribution in [1.82, 2.24) is 25.9 Å². The fourth-order valence-electron chi connectivity index (χ4n) is 3.55. The zero-order chi connectivity index (χ0) is 28.0. The quantitative estimate of drug-likeness (QED) is 0.107. The highest BCUT2D eigenvalue weighted by molar-refractivity contribution is 5.94. The maximum absolute atomic E-state index is 13.1. The normalized spacial score (nSPS) is 14.3. The number of hydrogen-bond acceptors (Lipinski definition) is 8. The molecule has 0 aliphatic rings. The smallest absolute Gasteiger partial charge is 0.326 e. The summed E-state index contributed by atoms with van der Waals surface area (Å²) in [5.74, 6) is -4.49.